The van der Waals surface area contributed by atoms with Crippen molar-refractivity contribution in [3.63, 3.8) is 0 Å². The number of carbonyl (C=O) groups is 1. The van der Waals surface area contributed by atoms with Gasteiger partial charge in [0.1, 0.15) is 5.15 Å². The molecule has 0 radical (unpaired) electrons. The smallest absolute Gasteiger partial charge is 0.255 e. The molecule has 126 valence electrons. The molecule has 1 aromatic carbocycles. The van der Waals surface area contributed by atoms with Gasteiger partial charge in [-0.05, 0) is 48.7 Å². The number of benzene rings is 1. The lowest BCUT2D eigenvalue weighted by molar-refractivity contribution is 0.0677. The van der Waals surface area contributed by atoms with Gasteiger partial charge in [0.25, 0.3) is 5.91 Å². The Labute approximate surface area is 146 Å². The van der Waals surface area contributed by atoms with Crippen LogP contribution >= 0.6 is 11.6 Å². The average molecular weight is 347 g/mol. The fourth-order valence-corrected chi connectivity index (χ4v) is 3.20. The van der Waals surface area contributed by atoms with Crippen LogP contribution in [0.1, 0.15) is 34.5 Å². The van der Waals surface area contributed by atoms with Gasteiger partial charge in [0.05, 0.1) is 25.8 Å². The second-order valence-corrected chi connectivity index (χ2v) is 6.09. The summed E-state index contributed by atoms with van der Waals surface area (Å²) in [6.07, 6.45) is 2.29. The largest absolute Gasteiger partial charge is 0.493 e. The molecule has 0 saturated carbocycles. The average Bonchev–Trinajstić information content (AvgIpc) is 2.61. The fourth-order valence-electron chi connectivity index (χ4n) is 3.09. The third kappa shape index (κ3) is 2.91. The molecule has 0 fully saturated rings. The molecule has 0 unspecified atom stereocenters. The Morgan fingerprint density at radius 2 is 1.96 bits per heavy atom. The van der Waals surface area contributed by atoms with Crippen LogP contribution in [0.4, 0.5) is 0 Å². The SMILES string of the molecule is COc1cc2c(cc1OC)[C@H](C)N(C(=O)c1ccc(Cl)nc1)CC2. The first-order chi connectivity index (χ1) is 11.5. The van der Waals surface area contributed by atoms with Gasteiger partial charge in [-0.1, -0.05) is 11.6 Å². The molecule has 1 aromatic heterocycles. The zero-order valence-corrected chi connectivity index (χ0v) is 14.6. The molecule has 0 bridgehead atoms. The van der Waals surface area contributed by atoms with Crippen molar-refractivity contribution in [1.29, 1.82) is 0 Å². The van der Waals surface area contributed by atoms with E-state index in [2.05, 4.69) is 4.98 Å². The number of rotatable bonds is 3. The zero-order valence-electron chi connectivity index (χ0n) is 13.9. The van der Waals surface area contributed by atoms with Crippen molar-refractivity contribution >= 4 is 17.5 Å². The lowest BCUT2D eigenvalue weighted by Gasteiger charge is -2.35. The molecule has 0 spiro atoms. The molecule has 0 saturated heterocycles. The van der Waals surface area contributed by atoms with E-state index in [4.69, 9.17) is 21.1 Å². The minimum Gasteiger partial charge on any atom is -0.493 e. The summed E-state index contributed by atoms with van der Waals surface area (Å²) in [6, 6.07) is 7.23. The van der Waals surface area contributed by atoms with Gasteiger partial charge in [0, 0.05) is 12.7 Å². The van der Waals surface area contributed by atoms with Crippen LogP contribution < -0.4 is 9.47 Å². The minimum absolute atomic E-state index is 0.0490. The number of hydrogen-bond donors (Lipinski definition) is 0. The number of hydrogen-bond acceptors (Lipinski definition) is 4. The molecule has 1 amide bonds. The van der Waals surface area contributed by atoms with Gasteiger partial charge in [0.15, 0.2) is 11.5 Å². The highest BCUT2D eigenvalue weighted by atomic mass is 35.5. The van der Waals surface area contributed by atoms with E-state index in [1.165, 1.54) is 11.8 Å². The summed E-state index contributed by atoms with van der Waals surface area (Å²) in [5, 5.41) is 0.375. The third-order valence-corrected chi connectivity index (χ3v) is 4.64. The molecule has 6 heteroatoms. The number of carbonyl (C=O) groups excluding carboxylic acids is 1. The summed E-state index contributed by atoms with van der Waals surface area (Å²) in [5.41, 5.74) is 2.79. The van der Waals surface area contributed by atoms with Crippen LogP contribution in [-0.2, 0) is 6.42 Å². The Balaban J connectivity index is 1.92. The summed E-state index contributed by atoms with van der Waals surface area (Å²) in [4.78, 5) is 18.6. The summed E-state index contributed by atoms with van der Waals surface area (Å²) >= 11 is 5.80. The second kappa shape index (κ2) is 6.69. The summed E-state index contributed by atoms with van der Waals surface area (Å²) in [6.45, 7) is 2.66. The highest BCUT2D eigenvalue weighted by molar-refractivity contribution is 6.29. The van der Waals surface area contributed by atoms with Gasteiger partial charge in [0.2, 0.25) is 0 Å². The van der Waals surface area contributed by atoms with Crippen LogP contribution in [-0.4, -0.2) is 36.6 Å². The van der Waals surface area contributed by atoms with Crippen molar-refractivity contribution in [2.75, 3.05) is 20.8 Å². The Bertz CT molecular complexity index is 762. The first-order valence-corrected chi connectivity index (χ1v) is 8.10. The fraction of sp³-hybridized carbons (Fsp3) is 0.333. The number of fused-ring (bicyclic) bond motifs is 1. The molecule has 1 aliphatic heterocycles. The standard InChI is InChI=1S/C18H19ClN2O3/c1-11-14-9-16(24-3)15(23-2)8-12(14)6-7-21(11)18(22)13-4-5-17(19)20-10-13/h4-5,8-11H,6-7H2,1-3H3/t11-/m0/s1. The van der Waals surface area contributed by atoms with Crippen LogP contribution in [0, 0.1) is 0 Å². The topological polar surface area (TPSA) is 51.7 Å². The van der Waals surface area contributed by atoms with Crippen molar-refractivity contribution in [1.82, 2.24) is 9.88 Å². The van der Waals surface area contributed by atoms with Crippen molar-refractivity contribution in [2.45, 2.75) is 19.4 Å². The van der Waals surface area contributed by atoms with Gasteiger partial charge in [-0.2, -0.15) is 0 Å². The zero-order chi connectivity index (χ0) is 17.3. The second-order valence-electron chi connectivity index (χ2n) is 5.70. The number of aromatic nitrogens is 1. The molecule has 5 nitrogen and oxygen atoms in total. The van der Waals surface area contributed by atoms with Gasteiger partial charge < -0.3 is 14.4 Å². The molecule has 1 aliphatic rings. The summed E-state index contributed by atoms with van der Waals surface area (Å²) < 4.78 is 10.8. The Kier molecular flexibility index (Phi) is 4.62. The molecular weight excluding hydrogens is 328 g/mol. The lowest BCUT2D eigenvalue weighted by atomic mass is 9.92. The van der Waals surface area contributed by atoms with Crippen molar-refractivity contribution in [3.8, 4) is 11.5 Å². The quantitative estimate of drug-likeness (QED) is 0.798. The Hall–Kier alpha value is -2.27. The maximum absolute atomic E-state index is 12.8. The van der Waals surface area contributed by atoms with Crippen molar-refractivity contribution < 1.29 is 14.3 Å². The first-order valence-electron chi connectivity index (χ1n) is 7.72. The predicted octanol–water partition coefficient (Wildman–Crippen LogP) is 3.51. The molecule has 2 heterocycles. The number of methoxy groups -OCH3 is 2. The van der Waals surface area contributed by atoms with Gasteiger partial charge >= 0.3 is 0 Å². The Morgan fingerprint density at radius 3 is 2.58 bits per heavy atom. The van der Waals surface area contributed by atoms with E-state index in [0.29, 0.717) is 28.8 Å². The van der Waals surface area contributed by atoms with Gasteiger partial charge in [-0.15, -0.1) is 0 Å². The number of nitrogens with zero attached hydrogens (tertiary/aromatic N) is 2. The number of amides is 1. The van der Waals surface area contributed by atoms with E-state index >= 15 is 0 Å². The summed E-state index contributed by atoms with van der Waals surface area (Å²) in [5.74, 6) is 1.34. The molecule has 2 aromatic rings. The number of halogens is 1. The third-order valence-electron chi connectivity index (χ3n) is 4.42. The van der Waals surface area contributed by atoms with E-state index in [-0.39, 0.29) is 11.9 Å². The number of ether oxygens (including phenoxy) is 2. The van der Waals surface area contributed by atoms with Crippen LogP contribution in [0.5, 0.6) is 11.5 Å². The molecule has 1 atom stereocenters. The maximum atomic E-state index is 12.8. The normalized spacial score (nSPS) is 16.5. The van der Waals surface area contributed by atoms with E-state index in [0.717, 1.165) is 12.0 Å². The van der Waals surface area contributed by atoms with Crippen LogP contribution in [0.2, 0.25) is 5.15 Å². The van der Waals surface area contributed by atoms with E-state index in [1.807, 2.05) is 24.0 Å². The maximum Gasteiger partial charge on any atom is 0.255 e. The van der Waals surface area contributed by atoms with Crippen LogP contribution in [0.25, 0.3) is 0 Å². The summed E-state index contributed by atoms with van der Waals surface area (Å²) in [7, 11) is 3.24. The molecule has 3 rings (SSSR count). The highest BCUT2D eigenvalue weighted by Crippen LogP contribution is 2.38. The molecule has 0 aliphatic carbocycles. The van der Waals surface area contributed by atoms with E-state index < -0.39 is 0 Å². The van der Waals surface area contributed by atoms with E-state index in [9.17, 15) is 4.79 Å². The highest BCUT2D eigenvalue weighted by Gasteiger charge is 2.29. The Morgan fingerprint density at radius 1 is 1.25 bits per heavy atom. The van der Waals surface area contributed by atoms with Crippen molar-refractivity contribution in [2.24, 2.45) is 0 Å². The van der Waals surface area contributed by atoms with Crippen LogP contribution in [0.15, 0.2) is 30.5 Å². The molecule has 24 heavy (non-hydrogen) atoms. The van der Waals surface area contributed by atoms with Crippen LogP contribution in [0.3, 0.4) is 0 Å². The minimum atomic E-state index is -0.0586. The number of pyridine rings is 1. The lowest BCUT2D eigenvalue weighted by Crippen LogP contribution is -2.38. The first kappa shape index (κ1) is 16.6. The predicted molar refractivity (Wildman–Crippen MR) is 91.9 cm³/mol. The van der Waals surface area contributed by atoms with E-state index in [1.54, 1.807) is 26.4 Å². The molecular formula is C18H19ClN2O3. The van der Waals surface area contributed by atoms with Gasteiger partial charge in [-0.25, -0.2) is 4.98 Å². The van der Waals surface area contributed by atoms with Gasteiger partial charge in [-0.3, -0.25) is 4.79 Å². The van der Waals surface area contributed by atoms with Crippen molar-refractivity contribution in [3.05, 3.63) is 52.3 Å². The molecule has 0 N–H and O–H groups in total. The monoisotopic (exact) mass is 346 g/mol.